The number of amides is 2. The third-order valence-corrected chi connectivity index (χ3v) is 9.49. The van der Waals surface area contributed by atoms with E-state index in [1.165, 1.54) is 24.2 Å². The van der Waals surface area contributed by atoms with Crippen molar-refractivity contribution in [3.63, 3.8) is 0 Å². The molecule has 4 aliphatic rings. The van der Waals surface area contributed by atoms with Gasteiger partial charge in [0.05, 0.1) is 24.6 Å². The van der Waals surface area contributed by atoms with Gasteiger partial charge < -0.3 is 15.2 Å². The number of carbonyl (C=O) groups excluding carboxylic acids is 4. The standard InChI is InChI=1S/C38H32N2O6/c1-21-18-32(42)30-20-29-26(27(34(30)36(21)43)14-8-22-9-17-31(41)33(19-22)46-2)15-16-28-35(29)38(45)40(37(28)44)25-12-10-24(11-13-25)39-23-6-4-3-5-7-23/h3-15,17-19,27-29,35,39,41H,16,20H2,1-2H3/t27-,28-,29+,35-/m0/s1. The number of phenolic OH excluding ortho intramolecular Hbond substituents is 1. The van der Waals surface area contributed by atoms with Gasteiger partial charge in [-0.15, -0.1) is 0 Å². The van der Waals surface area contributed by atoms with E-state index >= 15 is 0 Å². The molecule has 0 saturated carbocycles. The number of aromatic hydroxyl groups is 1. The summed E-state index contributed by atoms with van der Waals surface area (Å²) in [4.78, 5) is 56.1. The van der Waals surface area contributed by atoms with Crippen LogP contribution in [-0.4, -0.2) is 35.6 Å². The van der Waals surface area contributed by atoms with Crippen LogP contribution in [0, 0.1) is 23.7 Å². The van der Waals surface area contributed by atoms with Gasteiger partial charge in [-0.25, -0.2) is 0 Å². The van der Waals surface area contributed by atoms with Gasteiger partial charge >= 0.3 is 0 Å². The fourth-order valence-electron chi connectivity index (χ4n) is 7.28. The molecule has 1 aliphatic heterocycles. The zero-order valence-electron chi connectivity index (χ0n) is 25.4. The second kappa shape index (κ2) is 11.5. The summed E-state index contributed by atoms with van der Waals surface area (Å²) in [7, 11) is 1.47. The predicted octanol–water partition coefficient (Wildman–Crippen LogP) is 6.32. The van der Waals surface area contributed by atoms with Crippen LogP contribution in [0.1, 0.15) is 25.3 Å². The van der Waals surface area contributed by atoms with Crippen LogP contribution in [-0.2, 0) is 19.2 Å². The largest absolute Gasteiger partial charge is 0.504 e. The smallest absolute Gasteiger partial charge is 0.238 e. The number of benzene rings is 3. The third kappa shape index (κ3) is 4.86. The van der Waals surface area contributed by atoms with Gasteiger partial charge in [-0.05, 0) is 85.9 Å². The van der Waals surface area contributed by atoms with Crippen LogP contribution in [0.5, 0.6) is 11.5 Å². The summed E-state index contributed by atoms with van der Waals surface area (Å²) < 4.78 is 5.25. The normalized spacial score (nSPS) is 24.0. The number of ether oxygens (including phenoxy) is 1. The van der Waals surface area contributed by atoms with Crippen molar-refractivity contribution < 1.29 is 29.0 Å². The molecule has 0 unspecified atom stereocenters. The van der Waals surface area contributed by atoms with Crippen LogP contribution in [0.3, 0.4) is 0 Å². The minimum absolute atomic E-state index is 0.00767. The number of ketones is 2. The Bertz CT molecular complexity index is 1920. The van der Waals surface area contributed by atoms with Crippen LogP contribution in [0.2, 0.25) is 0 Å². The van der Waals surface area contributed by atoms with E-state index < -0.39 is 23.7 Å². The lowest BCUT2D eigenvalue weighted by Crippen LogP contribution is -2.40. The van der Waals surface area contributed by atoms with E-state index in [4.69, 9.17) is 4.74 Å². The zero-order valence-corrected chi connectivity index (χ0v) is 25.4. The molecule has 2 amide bonds. The molecule has 230 valence electrons. The molecule has 1 saturated heterocycles. The van der Waals surface area contributed by atoms with E-state index in [0.29, 0.717) is 34.6 Å². The van der Waals surface area contributed by atoms with E-state index in [0.717, 1.165) is 22.5 Å². The highest BCUT2D eigenvalue weighted by Gasteiger charge is 2.56. The number of carbonyl (C=O) groups is 4. The highest BCUT2D eigenvalue weighted by molar-refractivity contribution is 6.24. The second-order valence-electron chi connectivity index (χ2n) is 12.1. The first-order valence-electron chi connectivity index (χ1n) is 15.3. The Morgan fingerprint density at radius 3 is 2.39 bits per heavy atom. The van der Waals surface area contributed by atoms with Gasteiger partial charge in [0.15, 0.2) is 23.1 Å². The summed E-state index contributed by atoms with van der Waals surface area (Å²) in [6, 6.07) is 21.9. The number of allylic oxidation sites excluding steroid dienone is 7. The number of methoxy groups -OCH3 is 1. The van der Waals surface area contributed by atoms with Gasteiger partial charge in [0.1, 0.15) is 0 Å². The maximum absolute atomic E-state index is 14.2. The highest BCUT2D eigenvalue weighted by Crippen LogP contribution is 2.53. The number of fused-ring (bicyclic) bond motifs is 3. The first-order valence-corrected chi connectivity index (χ1v) is 15.3. The molecular weight excluding hydrogens is 580 g/mol. The van der Waals surface area contributed by atoms with E-state index in [1.807, 2.05) is 60.7 Å². The van der Waals surface area contributed by atoms with E-state index in [-0.39, 0.29) is 35.6 Å². The van der Waals surface area contributed by atoms with Crippen molar-refractivity contribution in [1.29, 1.82) is 0 Å². The minimum atomic E-state index is -0.650. The molecule has 1 heterocycles. The van der Waals surface area contributed by atoms with Gasteiger partial charge in [-0.1, -0.05) is 48.1 Å². The highest BCUT2D eigenvalue weighted by atomic mass is 16.5. The minimum Gasteiger partial charge on any atom is -0.504 e. The van der Waals surface area contributed by atoms with Crippen molar-refractivity contribution in [2.45, 2.75) is 19.8 Å². The van der Waals surface area contributed by atoms with Crippen LogP contribution in [0.15, 0.2) is 113 Å². The molecule has 0 aromatic heterocycles. The van der Waals surface area contributed by atoms with Crippen LogP contribution >= 0.6 is 0 Å². The van der Waals surface area contributed by atoms with Gasteiger partial charge in [0.2, 0.25) is 11.8 Å². The van der Waals surface area contributed by atoms with Crippen molar-refractivity contribution in [1.82, 2.24) is 0 Å². The predicted molar refractivity (Wildman–Crippen MR) is 174 cm³/mol. The van der Waals surface area contributed by atoms with Crippen LogP contribution < -0.4 is 15.0 Å². The third-order valence-electron chi connectivity index (χ3n) is 9.49. The quantitative estimate of drug-likeness (QED) is 0.190. The number of para-hydroxylation sites is 1. The summed E-state index contributed by atoms with van der Waals surface area (Å²) in [5.41, 5.74) is 5.08. The molecule has 2 N–H and O–H groups in total. The van der Waals surface area contributed by atoms with Gasteiger partial charge in [0.25, 0.3) is 0 Å². The summed E-state index contributed by atoms with van der Waals surface area (Å²) in [6.45, 7) is 1.64. The van der Waals surface area contributed by atoms with Gasteiger partial charge in [-0.3, -0.25) is 24.1 Å². The molecule has 8 nitrogen and oxygen atoms in total. The molecule has 3 aromatic rings. The monoisotopic (exact) mass is 612 g/mol. The van der Waals surface area contributed by atoms with Crippen molar-refractivity contribution in [2.75, 3.05) is 17.3 Å². The number of phenols is 1. The molecule has 4 atom stereocenters. The molecule has 0 spiro atoms. The summed E-state index contributed by atoms with van der Waals surface area (Å²) >= 11 is 0. The molecule has 46 heavy (non-hydrogen) atoms. The molecule has 1 fully saturated rings. The van der Waals surface area contributed by atoms with Crippen molar-refractivity contribution >= 4 is 46.5 Å². The van der Waals surface area contributed by atoms with Gasteiger partial charge in [0, 0.05) is 34.0 Å². The molecule has 0 bridgehead atoms. The average molecular weight is 613 g/mol. The summed E-state index contributed by atoms with van der Waals surface area (Å²) in [5, 5.41) is 13.4. The first-order chi connectivity index (χ1) is 22.2. The topological polar surface area (TPSA) is 113 Å². The Labute approximate surface area is 266 Å². The summed E-state index contributed by atoms with van der Waals surface area (Å²) in [6.07, 6.45) is 7.66. The van der Waals surface area contributed by atoms with Crippen LogP contribution in [0.4, 0.5) is 17.1 Å². The Hall–Kier alpha value is -5.50. The van der Waals surface area contributed by atoms with E-state index in [1.54, 1.807) is 31.2 Å². The summed E-state index contributed by atoms with van der Waals surface area (Å²) in [5.74, 6) is -2.79. The molecule has 0 radical (unpaired) electrons. The molecule has 8 heteroatoms. The zero-order chi connectivity index (χ0) is 32.1. The van der Waals surface area contributed by atoms with Gasteiger partial charge in [-0.2, -0.15) is 0 Å². The van der Waals surface area contributed by atoms with E-state index in [9.17, 15) is 24.3 Å². The van der Waals surface area contributed by atoms with Crippen molar-refractivity contribution in [3.8, 4) is 11.5 Å². The Balaban J connectivity index is 1.22. The number of imide groups is 1. The second-order valence-corrected chi connectivity index (χ2v) is 12.1. The number of nitrogens with zero attached hydrogens (tertiary/aromatic N) is 1. The van der Waals surface area contributed by atoms with Crippen LogP contribution in [0.25, 0.3) is 6.08 Å². The first kappa shape index (κ1) is 29.2. The molecule has 3 aromatic carbocycles. The lowest BCUT2D eigenvalue weighted by Gasteiger charge is -2.41. The lowest BCUT2D eigenvalue weighted by atomic mass is 9.60. The molecule has 3 aliphatic carbocycles. The Morgan fingerprint density at radius 1 is 0.913 bits per heavy atom. The average Bonchev–Trinajstić information content (AvgIpc) is 3.32. The number of hydrogen-bond donors (Lipinski definition) is 2. The van der Waals surface area contributed by atoms with E-state index in [2.05, 4.69) is 5.32 Å². The maximum atomic E-state index is 14.2. The molecular formula is C38H32N2O6. The Kier molecular flexibility index (Phi) is 7.28. The number of Topliss-reactive ketones (excluding diaryl/α,β-unsaturated/α-hetero) is 1. The fraction of sp³-hybridized carbons (Fsp3) is 0.211. The van der Waals surface area contributed by atoms with Crippen molar-refractivity contribution in [2.24, 2.45) is 23.7 Å². The number of anilines is 3. The number of nitrogens with one attached hydrogen (secondary N) is 1. The lowest BCUT2D eigenvalue weighted by molar-refractivity contribution is -0.123. The maximum Gasteiger partial charge on any atom is 0.238 e. The fourth-order valence-corrected chi connectivity index (χ4v) is 7.28. The number of rotatable bonds is 6. The Morgan fingerprint density at radius 2 is 1.65 bits per heavy atom. The number of hydrogen-bond acceptors (Lipinski definition) is 7. The van der Waals surface area contributed by atoms with Crippen molar-refractivity contribution in [3.05, 3.63) is 119 Å². The molecule has 7 rings (SSSR count). The SMILES string of the molecule is COc1cc(C=C[C@H]2C3=CC[C@@H]4C(=O)N(c5ccc(Nc6ccccc6)cc5)C(=O)[C@@H]4[C@@H]3CC3=C2C(=O)C(C)=CC3=O)ccc1O.